The average molecular weight is 518 g/mol. The van der Waals surface area contributed by atoms with E-state index in [1.54, 1.807) is 15.5 Å². The molecule has 9 nitrogen and oxygen atoms in total. The number of carbonyl (C=O) groups is 1. The molecule has 1 aromatic carbocycles. The van der Waals surface area contributed by atoms with Crippen molar-refractivity contribution < 1.29 is 23.7 Å². The summed E-state index contributed by atoms with van der Waals surface area (Å²) in [5.74, 6) is 1.26. The molecule has 1 aliphatic carbocycles. The molecule has 5 rings (SSSR count). The fourth-order valence-electron chi connectivity index (χ4n) is 4.82. The number of fused-ring (bicyclic) bond motifs is 3. The molecule has 0 bridgehead atoms. The maximum atomic E-state index is 13.0. The molecule has 0 saturated carbocycles. The predicted octanol–water partition coefficient (Wildman–Crippen LogP) is 4.10. The number of ether oxygens (including phenoxy) is 4. The molecule has 198 valence electrons. The third kappa shape index (κ3) is 5.37. The zero-order chi connectivity index (χ0) is 26.5. The minimum atomic E-state index is -0.581. The number of amides is 1. The van der Waals surface area contributed by atoms with Crippen LogP contribution in [0.5, 0.6) is 11.6 Å². The van der Waals surface area contributed by atoms with Crippen LogP contribution in [0.1, 0.15) is 32.3 Å². The van der Waals surface area contributed by atoms with E-state index < -0.39 is 6.10 Å². The summed E-state index contributed by atoms with van der Waals surface area (Å²) in [5, 5.41) is 0. The topological polar surface area (TPSA) is 92.1 Å². The fourth-order valence-corrected chi connectivity index (χ4v) is 4.82. The van der Waals surface area contributed by atoms with Crippen molar-refractivity contribution in [2.45, 2.75) is 45.8 Å². The SMILES string of the molecule is CCN(CC)C(=O)COc1ccc2c(c1)CCn1c-2cc(OC(C2=CC=CCC2)C2=COC=CO2)nc1=O. The van der Waals surface area contributed by atoms with Crippen LogP contribution in [-0.4, -0.2) is 46.2 Å². The number of carbonyl (C=O) groups excluding carboxylic acids is 1. The minimum absolute atomic E-state index is 0.0122. The monoisotopic (exact) mass is 517 g/mol. The average Bonchev–Trinajstić information content (AvgIpc) is 2.96. The first-order valence-corrected chi connectivity index (χ1v) is 12.9. The maximum absolute atomic E-state index is 13.0. The van der Waals surface area contributed by atoms with Gasteiger partial charge in [0.25, 0.3) is 5.91 Å². The molecule has 0 N–H and O–H groups in total. The van der Waals surface area contributed by atoms with Gasteiger partial charge in [-0.2, -0.15) is 4.98 Å². The number of rotatable bonds is 9. The molecule has 1 aromatic heterocycles. The van der Waals surface area contributed by atoms with Crippen LogP contribution in [0.2, 0.25) is 0 Å². The van der Waals surface area contributed by atoms with E-state index in [1.807, 2.05) is 44.2 Å². The molecular formula is C29H31N3O6. The maximum Gasteiger partial charge on any atom is 0.351 e. The molecule has 0 spiro atoms. The highest BCUT2D eigenvalue weighted by atomic mass is 16.6. The molecule has 9 heteroatoms. The highest BCUT2D eigenvalue weighted by molar-refractivity contribution is 5.77. The van der Waals surface area contributed by atoms with Gasteiger partial charge in [0.15, 0.2) is 18.5 Å². The second-order valence-electron chi connectivity index (χ2n) is 9.09. The lowest BCUT2D eigenvalue weighted by Crippen LogP contribution is -2.34. The number of aromatic nitrogens is 2. The Balaban J connectivity index is 1.40. The van der Waals surface area contributed by atoms with Gasteiger partial charge in [-0.3, -0.25) is 9.36 Å². The first-order chi connectivity index (χ1) is 18.6. The molecule has 1 atom stereocenters. The summed E-state index contributed by atoms with van der Waals surface area (Å²) in [6.45, 7) is 5.66. The molecule has 3 heterocycles. The normalized spacial score (nSPS) is 16.2. The van der Waals surface area contributed by atoms with Crippen molar-refractivity contribution >= 4 is 5.91 Å². The first-order valence-electron chi connectivity index (χ1n) is 12.9. The fraction of sp³-hybridized carbons (Fsp3) is 0.345. The van der Waals surface area contributed by atoms with Crippen molar-refractivity contribution in [3.8, 4) is 22.9 Å². The van der Waals surface area contributed by atoms with E-state index in [4.69, 9.17) is 18.9 Å². The van der Waals surface area contributed by atoms with Gasteiger partial charge in [-0.1, -0.05) is 18.2 Å². The standard InChI is InChI=1S/C29H31N3O6/c1-3-31(4-2)27(33)19-37-22-10-11-23-21(16-22)12-13-32-24(23)17-26(30-29(32)34)38-28(20-8-6-5-7-9-20)25-18-35-14-15-36-25/h5-6,8,10-11,14-18,28H,3-4,7,9,12-13,19H2,1-2H3. The Labute approximate surface area is 221 Å². The summed E-state index contributed by atoms with van der Waals surface area (Å²) in [6, 6.07) is 7.46. The van der Waals surface area contributed by atoms with Crippen molar-refractivity contribution in [2.24, 2.45) is 0 Å². The van der Waals surface area contributed by atoms with Gasteiger partial charge in [-0.15, -0.1) is 0 Å². The van der Waals surface area contributed by atoms with Gasteiger partial charge >= 0.3 is 5.69 Å². The quantitative estimate of drug-likeness (QED) is 0.495. The summed E-state index contributed by atoms with van der Waals surface area (Å²) in [6.07, 6.45) is 12.2. The van der Waals surface area contributed by atoms with E-state index in [2.05, 4.69) is 11.1 Å². The van der Waals surface area contributed by atoms with Gasteiger partial charge in [0.2, 0.25) is 5.88 Å². The molecule has 2 aliphatic heterocycles. The third-order valence-electron chi connectivity index (χ3n) is 6.83. The van der Waals surface area contributed by atoms with E-state index in [9.17, 15) is 9.59 Å². The Hall–Kier alpha value is -4.27. The molecule has 1 amide bonds. The van der Waals surface area contributed by atoms with Crippen LogP contribution in [0, 0.1) is 0 Å². The lowest BCUT2D eigenvalue weighted by Gasteiger charge is -2.26. The van der Waals surface area contributed by atoms with Crippen LogP contribution < -0.4 is 15.2 Å². The largest absolute Gasteiger partial charge is 0.484 e. The lowest BCUT2D eigenvalue weighted by atomic mass is 9.97. The Morgan fingerprint density at radius 1 is 1.18 bits per heavy atom. The van der Waals surface area contributed by atoms with E-state index >= 15 is 0 Å². The van der Waals surface area contributed by atoms with Crippen LogP contribution in [0.25, 0.3) is 11.3 Å². The Morgan fingerprint density at radius 2 is 2.05 bits per heavy atom. The van der Waals surface area contributed by atoms with Crippen molar-refractivity contribution in [2.75, 3.05) is 19.7 Å². The molecule has 2 aromatic rings. The van der Waals surface area contributed by atoms with E-state index in [1.165, 1.54) is 18.8 Å². The molecule has 3 aliphatic rings. The molecule has 0 radical (unpaired) electrons. The zero-order valence-corrected chi connectivity index (χ0v) is 21.6. The molecule has 1 unspecified atom stereocenters. The van der Waals surface area contributed by atoms with Gasteiger partial charge in [-0.05, 0) is 62.4 Å². The first kappa shape index (κ1) is 25.4. The van der Waals surface area contributed by atoms with Gasteiger partial charge in [0, 0.05) is 31.3 Å². The van der Waals surface area contributed by atoms with E-state index in [0.717, 1.165) is 35.2 Å². The van der Waals surface area contributed by atoms with Crippen molar-refractivity contribution in [3.05, 3.63) is 88.7 Å². The smallest absolute Gasteiger partial charge is 0.351 e. The highest BCUT2D eigenvalue weighted by Crippen LogP contribution is 2.34. The van der Waals surface area contributed by atoms with Crippen molar-refractivity contribution in [3.63, 3.8) is 0 Å². The molecule has 0 saturated heterocycles. The number of allylic oxidation sites excluding steroid dienone is 3. The van der Waals surface area contributed by atoms with Crippen molar-refractivity contribution in [1.29, 1.82) is 0 Å². The number of likely N-dealkylation sites (N-methyl/N-ethyl adjacent to an activating group) is 1. The lowest BCUT2D eigenvalue weighted by molar-refractivity contribution is -0.132. The van der Waals surface area contributed by atoms with E-state index in [0.29, 0.717) is 37.6 Å². The number of aryl methyl sites for hydroxylation is 1. The third-order valence-corrected chi connectivity index (χ3v) is 6.83. The van der Waals surface area contributed by atoms with Gasteiger partial charge in [0.05, 0.1) is 5.69 Å². The zero-order valence-electron chi connectivity index (χ0n) is 21.6. The predicted molar refractivity (Wildman–Crippen MR) is 141 cm³/mol. The summed E-state index contributed by atoms with van der Waals surface area (Å²) in [5.41, 5.74) is 3.28. The second kappa shape index (κ2) is 11.4. The minimum Gasteiger partial charge on any atom is -0.484 e. The number of nitrogens with zero attached hydrogens (tertiary/aromatic N) is 3. The summed E-state index contributed by atoms with van der Waals surface area (Å²) >= 11 is 0. The second-order valence-corrected chi connectivity index (χ2v) is 9.09. The Bertz CT molecular complexity index is 1380. The summed E-state index contributed by atoms with van der Waals surface area (Å²) in [4.78, 5) is 31.3. The summed E-state index contributed by atoms with van der Waals surface area (Å²) < 4.78 is 24.7. The van der Waals surface area contributed by atoms with Gasteiger partial charge < -0.3 is 23.8 Å². The summed E-state index contributed by atoms with van der Waals surface area (Å²) in [7, 11) is 0. The van der Waals surface area contributed by atoms with Crippen LogP contribution in [0.15, 0.2) is 77.4 Å². The molecular weight excluding hydrogens is 486 g/mol. The van der Waals surface area contributed by atoms with Crippen LogP contribution >= 0.6 is 0 Å². The number of hydrogen-bond donors (Lipinski definition) is 0. The Morgan fingerprint density at radius 3 is 2.79 bits per heavy atom. The van der Waals surface area contributed by atoms with E-state index in [-0.39, 0.29) is 24.1 Å². The van der Waals surface area contributed by atoms with Crippen molar-refractivity contribution in [1.82, 2.24) is 14.5 Å². The number of benzene rings is 1. The van der Waals surface area contributed by atoms with Crippen LogP contribution in [-0.2, 0) is 27.2 Å². The van der Waals surface area contributed by atoms with Gasteiger partial charge in [-0.25, -0.2) is 4.79 Å². The molecule has 0 fully saturated rings. The molecule has 38 heavy (non-hydrogen) atoms. The van der Waals surface area contributed by atoms with Gasteiger partial charge in [0.1, 0.15) is 24.5 Å². The van der Waals surface area contributed by atoms with Crippen LogP contribution in [0.3, 0.4) is 0 Å². The Kier molecular flexibility index (Phi) is 7.62. The highest BCUT2D eigenvalue weighted by Gasteiger charge is 2.27. The van der Waals surface area contributed by atoms with Crippen LogP contribution in [0.4, 0.5) is 0 Å². The number of hydrogen-bond acceptors (Lipinski definition) is 7.